The molecule has 0 saturated carbocycles. The molecule has 186 valence electrons. The van der Waals surface area contributed by atoms with Crippen LogP contribution < -0.4 is 5.32 Å². The maximum absolute atomic E-state index is 4.57. The van der Waals surface area contributed by atoms with Gasteiger partial charge in [-0.2, -0.15) is 0 Å². The van der Waals surface area contributed by atoms with Crippen LogP contribution >= 0.6 is 24.0 Å². The lowest BCUT2D eigenvalue weighted by molar-refractivity contribution is 0.181. The van der Waals surface area contributed by atoms with Gasteiger partial charge in [-0.3, -0.25) is 4.99 Å². The Kier molecular flexibility index (Phi) is 11.8. The third kappa shape index (κ3) is 8.70. The van der Waals surface area contributed by atoms with E-state index >= 15 is 0 Å². The van der Waals surface area contributed by atoms with Crippen LogP contribution in [0.25, 0.3) is 0 Å². The van der Waals surface area contributed by atoms with Gasteiger partial charge >= 0.3 is 0 Å². The Morgan fingerprint density at radius 1 is 0.909 bits per heavy atom. The van der Waals surface area contributed by atoms with Gasteiger partial charge in [-0.1, -0.05) is 30.3 Å². The normalized spacial score (nSPS) is 23.1. The second-order valence-electron chi connectivity index (χ2n) is 10.3. The zero-order valence-electron chi connectivity index (χ0n) is 20.8. The molecule has 4 rings (SSSR count). The molecule has 1 N–H and O–H groups in total. The van der Waals surface area contributed by atoms with Crippen molar-refractivity contribution in [3.63, 3.8) is 0 Å². The highest BCUT2D eigenvalue weighted by Crippen LogP contribution is 2.22. The second kappa shape index (κ2) is 14.5. The molecule has 1 unspecified atom stereocenters. The number of benzene rings is 1. The van der Waals surface area contributed by atoms with Crippen LogP contribution in [0.15, 0.2) is 35.3 Å². The summed E-state index contributed by atoms with van der Waals surface area (Å²) in [7, 11) is 1.94. The summed E-state index contributed by atoms with van der Waals surface area (Å²) in [6.45, 7) is 11.1. The summed E-state index contributed by atoms with van der Waals surface area (Å²) in [6.07, 6.45) is 10.6. The summed E-state index contributed by atoms with van der Waals surface area (Å²) in [5.74, 6) is 2.81. The van der Waals surface area contributed by atoms with Crippen LogP contribution in [0, 0.1) is 11.8 Å². The van der Waals surface area contributed by atoms with E-state index in [1.165, 1.54) is 103 Å². The summed E-state index contributed by atoms with van der Waals surface area (Å²) in [6, 6.07) is 11.0. The van der Waals surface area contributed by atoms with Crippen molar-refractivity contribution in [2.45, 2.75) is 51.4 Å². The van der Waals surface area contributed by atoms with Gasteiger partial charge in [-0.25, -0.2) is 0 Å². The van der Waals surface area contributed by atoms with Crippen LogP contribution in [0.4, 0.5) is 0 Å². The number of aliphatic imine (C=N–C) groups is 1. The number of hydrogen-bond acceptors (Lipinski definition) is 3. The molecule has 33 heavy (non-hydrogen) atoms. The van der Waals surface area contributed by atoms with E-state index in [0.29, 0.717) is 0 Å². The van der Waals surface area contributed by atoms with E-state index in [1.54, 1.807) is 0 Å². The minimum Gasteiger partial charge on any atom is -0.356 e. The number of likely N-dealkylation sites (tertiary alicyclic amines) is 3. The molecule has 3 heterocycles. The molecule has 1 aromatic rings. The summed E-state index contributed by atoms with van der Waals surface area (Å²) < 4.78 is 0. The largest absolute Gasteiger partial charge is 0.356 e. The standard InChI is InChI=1S/C27H45N5.HI/c1-28-27(32-20-13-26(23-32)22-31-16-7-8-17-31)29-14-5-6-15-30-18-11-25(12-19-30)21-24-9-3-2-4-10-24;/h2-4,9-10,25-26H,5-8,11-23H2,1H3,(H,28,29);1H. The van der Waals surface area contributed by atoms with Crippen molar-refractivity contribution >= 4 is 29.9 Å². The average molecular weight is 568 g/mol. The van der Waals surface area contributed by atoms with Gasteiger partial charge in [0.05, 0.1) is 0 Å². The Morgan fingerprint density at radius 3 is 2.36 bits per heavy atom. The predicted octanol–water partition coefficient (Wildman–Crippen LogP) is 4.33. The topological polar surface area (TPSA) is 34.1 Å². The number of hydrogen-bond donors (Lipinski definition) is 1. The smallest absolute Gasteiger partial charge is 0.193 e. The maximum atomic E-state index is 4.57. The number of halogens is 1. The molecule has 0 bridgehead atoms. The van der Waals surface area contributed by atoms with E-state index in [9.17, 15) is 0 Å². The van der Waals surface area contributed by atoms with Crippen molar-refractivity contribution in [2.75, 3.05) is 66.0 Å². The van der Waals surface area contributed by atoms with Crippen LogP contribution in [-0.4, -0.2) is 86.6 Å². The number of nitrogens with zero attached hydrogens (tertiary/aromatic N) is 4. The van der Waals surface area contributed by atoms with Crippen molar-refractivity contribution in [1.29, 1.82) is 0 Å². The molecular weight excluding hydrogens is 521 g/mol. The monoisotopic (exact) mass is 567 g/mol. The third-order valence-corrected chi connectivity index (χ3v) is 7.77. The molecule has 3 saturated heterocycles. The highest BCUT2D eigenvalue weighted by atomic mass is 127. The Bertz CT molecular complexity index is 683. The molecule has 5 nitrogen and oxygen atoms in total. The molecule has 6 heteroatoms. The van der Waals surface area contributed by atoms with Gasteiger partial charge in [-0.15, -0.1) is 24.0 Å². The number of nitrogens with one attached hydrogen (secondary N) is 1. The molecular formula is C27H46IN5. The Hall–Kier alpha value is -0.860. The van der Waals surface area contributed by atoms with Crippen molar-refractivity contribution in [2.24, 2.45) is 16.8 Å². The minimum absolute atomic E-state index is 0. The van der Waals surface area contributed by atoms with E-state index in [-0.39, 0.29) is 24.0 Å². The van der Waals surface area contributed by atoms with Gasteiger partial charge in [0, 0.05) is 33.2 Å². The van der Waals surface area contributed by atoms with E-state index < -0.39 is 0 Å². The first kappa shape index (κ1) is 26.7. The minimum atomic E-state index is 0. The first-order chi connectivity index (χ1) is 15.8. The highest BCUT2D eigenvalue weighted by Gasteiger charge is 2.27. The highest BCUT2D eigenvalue weighted by molar-refractivity contribution is 14.0. The maximum Gasteiger partial charge on any atom is 0.193 e. The quantitative estimate of drug-likeness (QED) is 0.209. The van der Waals surface area contributed by atoms with Gasteiger partial charge < -0.3 is 20.0 Å². The number of piperidine rings is 1. The zero-order chi connectivity index (χ0) is 22.0. The van der Waals surface area contributed by atoms with Crippen LogP contribution in [0.1, 0.15) is 50.5 Å². The lowest BCUT2D eigenvalue weighted by Gasteiger charge is -2.32. The van der Waals surface area contributed by atoms with Gasteiger partial charge in [0.15, 0.2) is 5.96 Å². The van der Waals surface area contributed by atoms with Gasteiger partial charge in [-0.05, 0) is 101 Å². The lowest BCUT2D eigenvalue weighted by atomic mass is 9.90. The SMILES string of the molecule is CN=C(NCCCCN1CCC(Cc2ccccc2)CC1)N1CCC(CN2CCCC2)C1.I. The van der Waals surface area contributed by atoms with E-state index in [0.717, 1.165) is 30.9 Å². The molecule has 0 spiro atoms. The van der Waals surface area contributed by atoms with Crippen LogP contribution in [0.3, 0.4) is 0 Å². The zero-order valence-corrected chi connectivity index (χ0v) is 23.1. The molecule has 0 amide bonds. The van der Waals surface area contributed by atoms with Crippen molar-refractivity contribution in [3.8, 4) is 0 Å². The third-order valence-electron chi connectivity index (χ3n) is 7.77. The molecule has 3 aliphatic rings. The molecule has 1 aromatic carbocycles. The number of rotatable bonds is 9. The lowest BCUT2D eigenvalue weighted by Crippen LogP contribution is -2.41. The molecule has 3 fully saturated rings. The predicted molar refractivity (Wildman–Crippen MR) is 151 cm³/mol. The molecule has 0 aliphatic carbocycles. The molecule has 0 aromatic heterocycles. The fourth-order valence-electron chi connectivity index (χ4n) is 5.86. The number of guanidine groups is 1. The fourth-order valence-corrected chi connectivity index (χ4v) is 5.86. The van der Waals surface area contributed by atoms with Crippen molar-refractivity contribution in [1.82, 2.24) is 20.0 Å². The first-order valence-electron chi connectivity index (χ1n) is 13.2. The van der Waals surface area contributed by atoms with Crippen LogP contribution in [-0.2, 0) is 6.42 Å². The van der Waals surface area contributed by atoms with E-state index in [1.807, 2.05) is 7.05 Å². The first-order valence-corrected chi connectivity index (χ1v) is 13.2. The Balaban J connectivity index is 0.00000306. The van der Waals surface area contributed by atoms with Gasteiger partial charge in [0.1, 0.15) is 0 Å². The molecule has 3 aliphatic heterocycles. The van der Waals surface area contributed by atoms with E-state index in [2.05, 4.69) is 55.3 Å². The summed E-state index contributed by atoms with van der Waals surface area (Å²) >= 11 is 0. The summed E-state index contributed by atoms with van der Waals surface area (Å²) in [5, 5.41) is 3.64. The Labute approximate surface area is 219 Å². The van der Waals surface area contributed by atoms with Crippen molar-refractivity contribution < 1.29 is 0 Å². The van der Waals surface area contributed by atoms with Crippen LogP contribution in [0.5, 0.6) is 0 Å². The molecule has 0 radical (unpaired) electrons. The Morgan fingerprint density at radius 2 is 1.64 bits per heavy atom. The van der Waals surface area contributed by atoms with Crippen molar-refractivity contribution in [3.05, 3.63) is 35.9 Å². The van der Waals surface area contributed by atoms with Crippen LogP contribution in [0.2, 0.25) is 0 Å². The summed E-state index contributed by atoms with van der Waals surface area (Å²) in [4.78, 5) is 12.4. The van der Waals surface area contributed by atoms with Gasteiger partial charge in [0.25, 0.3) is 0 Å². The fraction of sp³-hybridized carbons (Fsp3) is 0.741. The summed E-state index contributed by atoms with van der Waals surface area (Å²) in [5.41, 5.74) is 1.51. The van der Waals surface area contributed by atoms with E-state index in [4.69, 9.17) is 0 Å². The second-order valence-corrected chi connectivity index (χ2v) is 10.3. The van der Waals surface area contributed by atoms with Gasteiger partial charge in [0.2, 0.25) is 0 Å². The average Bonchev–Trinajstić information content (AvgIpc) is 3.51. The molecule has 1 atom stereocenters. The number of unbranched alkanes of at least 4 members (excludes halogenated alkanes) is 1.